The molecule has 0 amide bonds. The maximum Gasteiger partial charge on any atom is 0.378 e. The van der Waals surface area contributed by atoms with E-state index in [0.29, 0.717) is 0 Å². The lowest BCUT2D eigenvalue weighted by molar-refractivity contribution is -0.149. The Hall–Kier alpha value is -1.28. The van der Waals surface area contributed by atoms with E-state index >= 15 is 0 Å². The Morgan fingerprint density at radius 2 is 2.28 bits per heavy atom. The van der Waals surface area contributed by atoms with E-state index in [4.69, 9.17) is 9.47 Å². The second-order valence-corrected chi connectivity index (χ2v) is 4.00. The van der Waals surface area contributed by atoms with Crippen LogP contribution in [-0.4, -0.2) is 52.9 Å². The van der Waals surface area contributed by atoms with Crippen molar-refractivity contribution in [3.63, 3.8) is 0 Å². The number of esters is 2. The highest BCUT2D eigenvalue weighted by Crippen LogP contribution is 2.25. The standard InChI is InChI=1S/C10H13BrO7/c1-2-16-6(13)4-17-9-7(14)10(15)18-8(9)5(12)3-11/h5,8,12,14H,2-4H2,1H3/t5-,8+/m0/s1. The van der Waals surface area contributed by atoms with Gasteiger partial charge >= 0.3 is 11.9 Å². The topological polar surface area (TPSA) is 102 Å². The lowest BCUT2D eigenvalue weighted by atomic mass is 10.2. The van der Waals surface area contributed by atoms with Gasteiger partial charge in [0.1, 0.15) is 6.10 Å². The zero-order chi connectivity index (χ0) is 13.7. The number of alkyl halides is 1. The first-order valence-corrected chi connectivity index (χ1v) is 6.30. The van der Waals surface area contributed by atoms with E-state index in [0.717, 1.165) is 0 Å². The monoisotopic (exact) mass is 324 g/mol. The summed E-state index contributed by atoms with van der Waals surface area (Å²) in [7, 11) is 0. The van der Waals surface area contributed by atoms with Crippen LogP contribution in [0.5, 0.6) is 0 Å². The van der Waals surface area contributed by atoms with E-state index in [1.807, 2.05) is 0 Å². The molecule has 0 aromatic heterocycles. The molecule has 0 fully saturated rings. The summed E-state index contributed by atoms with van der Waals surface area (Å²) >= 11 is 3.00. The van der Waals surface area contributed by atoms with Gasteiger partial charge in [0.2, 0.25) is 5.76 Å². The van der Waals surface area contributed by atoms with Crippen molar-refractivity contribution in [2.45, 2.75) is 19.1 Å². The lowest BCUT2D eigenvalue weighted by Gasteiger charge is -2.17. The molecule has 102 valence electrons. The smallest absolute Gasteiger partial charge is 0.378 e. The molecule has 0 radical (unpaired) electrons. The average molecular weight is 325 g/mol. The molecule has 0 saturated heterocycles. The molecule has 0 aromatic rings. The van der Waals surface area contributed by atoms with Crippen LogP contribution in [-0.2, 0) is 23.8 Å². The second-order valence-electron chi connectivity index (χ2n) is 3.35. The van der Waals surface area contributed by atoms with Gasteiger partial charge in [-0.1, -0.05) is 15.9 Å². The van der Waals surface area contributed by atoms with Gasteiger partial charge in [0.25, 0.3) is 0 Å². The maximum atomic E-state index is 11.1. The summed E-state index contributed by atoms with van der Waals surface area (Å²) in [5.41, 5.74) is 0. The number of carbonyl (C=O) groups is 2. The first-order chi connectivity index (χ1) is 8.51. The summed E-state index contributed by atoms with van der Waals surface area (Å²) in [5.74, 6) is -2.66. The van der Waals surface area contributed by atoms with Gasteiger partial charge in [0, 0.05) is 5.33 Å². The van der Waals surface area contributed by atoms with Crippen molar-refractivity contribution in [1.82, 2.24) is 0 Å². The minimum Gasteiger partial charge on any atom is -0.499 e. The molecule has 1 rings (SSSR count). The Morgan fingerprint density at radius 1 is 1.61 bits per heavy atom. The van der Waals surface area contributed by atoms with E-state index < -0.39 is 36.5 Å². The van der Waals surface area contributed by atoms with Gasteiger partial charge < -0.3 is 24.4 Å². The SMILES string of the molecule is CCOC(=O)COC1=C(O)C(=O)O[C@@H]1[C@@H](O)CBr. The minimum atomic E-state index is -1.13. The number of cyclic esters (lactones) is 1. The number of carbonyl (C=O) groups excluding carboxylic acids is 2. The molecule has 1 heterocycles. The first kappa shape index (κ1) is 14.8. The summed E-state index contributed by atoms with van der Waals surface area (Å²) in [6.45, 7) is 1.35. The molecule has 0 spiro atoms. The third kappa shape index (κ3) is 3.36. The highest BCUT2D eigenvalue weighted by atomic mass is 79.9. The maximum absolute atomic E-state index is 11.1. The molecule has 7 nitrogen and oxygen atoms in total. The average Bonchev–Trinajstić information content (AvgIpc) is 2.63. The number of rotatable bonds is 6. The van der Waals surface area contributed by atoms with Crippen molar-refractivity contribution in [2.75, 3.05) is 18.5 Å². The fourth-order valence-corrected chi connectivity index (χ4v) is 1.62. The van der Waals surface area contributed by atoms with Crippen LogP contribution in [0.15, 0.2) is 11.5 Å². The molecule has 1 aliphatic heterocycles. The van der Waals surface area contributed by atoms with Crippen molar-refractivity contribution in [1.29, 1.82) is 0 Å². The van der Waals surface area contributed by atoms with Crippen molar-refractivity contribution >= 4 is 27.9 Å². The minimum absolute atomic E-state index is 0.116. The van der Waals surface area contributed by atoms with Gasteiger partial charge in [-0.3, -0.25) is 0 Å². The molecular formula is C10H13BrO7. The molecule has 1 aliphatic rings. The van der Waals surface area contributed by atoms with E-state index in [1.54, 1.807) is 6.92 Å². The highest BCUT2D eigenvalue weighted by Gasteiger charge is 2.40. The van der Waals surface area contributed by atoms with Crippen LogP contribution in [0, 0.1) is 0 Å². The van der Waals surface area contributed by atoms with Crippen molar-refractivity contribution in [3.05, 3.63) is 11.5 Å². The number of hydrogen-bond acceptors (Lipinski definition) is 7. The molecule has 2 atom stereocenters. The van der Waals surface area contributed by atoms with Crippen LogP contribution < -0.4 is 0 Å². The number of aliphatic hydroxyl groups excluding tert-OH is 2. The van der Waals surface area contributed by atoms with Crippen LogP contribution >= 0.6 is 15.9 Å². The molecule has 0 aromatic carbocycles. The molecule has 2 N–H and O–H groups in total. The van der Waals surface area contributed by atoms with Gasteiger partial charge in [-0.25, -0.2) is 9.59 Å². The summed E-state index contributed by atoms with van der Waals surface area (Å²) < 4.78 is 14.3. The number of ether oxygens (including phenoxy) is 3. The van der Waals surface area contributed by atoms with Crippen molar-refractivity contribution in [2.24, 2.45) is 0 Å². The van der Waals surface area contributed by atoms with Gasteiger partial charge in [0.15, 0.2) is 18.5 Å². The quantitative estimate of drug-likeness (QED) is 0.524. The van der Waals surface area contributed by atoms with E-state index in [9.17, 15) is 19.8 Å². The molecule has 0 aliphatic carbocycles. The molecule has 8 heteroatoms. The third-order valence-corrected chi connectivity index (χ3v) is 2.74. The largest absolute Gasteiger partial charge is 0.499 e. The van der Waals surface area contributed by atoms with Crippen LogP contribution in [0.1, 0.15) is 6.92 Å². The van der Waals surface area contributed by atoms with E-state index in [1.165, 1.54) is 0 Å². The van der Waals surface area contributed by atoms with Crippen molar-refractivity contribution in [3.8, 4) is 0 Å². The third-order valence-electron chi connectivity index (χ3n) is 2.08. The van der Waals surface area contributed by atoms with Crippen LogP contribution in [0.3, 0.4) is 0 Å². The van der Waals surface area contributed by atoms with Gasteiger partial charge in [0.05, 0.1) is 6.61 Å². The molecular weight excluding hydrogens is 312 g/mol. The normalized spacial score (nSPS) is 20.6. The van der Waals surface area contributed by atoms with Gasteiger partial charge in [-0.15, -0.1) is 0 Å². The molecule has 0 saturated carbocycles. The molecule has 0 bridgehead atoms. The van der Waals surface area contributed by atoms with Crippen molar-refractivity contribution < 1.29 is 34.0 Å². The van der Waals surface area contributed by atoms with Crippen LogP contribution in [0.2, 0.25) is 0 Å². The number of hydrogen-bond donors (Lipinski definition) is 2. The zero-order valence-corrected chi connectivity index (χ0v) is 11.2. The summed E-state index contributed by atoms with van der Waals surface area (Å²) in [6, 6.07) is 0. The fourth-order valence-electron chi connectivity index (χ4n) is 1.28. The number of aliphatic hydroxyl groups is 2. The Bertz CT molecular complexity index is 365. The van der Waals surface area contributed by atoms with Gasteiger partial charge in [-0.2, -0.15) is 0 Å². The number of halogens is 1. The molecule has 18 heavy (non-hydrogen) atoms. The van der Waals surface area contributed by atoms with E-state index in [-0.39, 0.29) is 17.7 Å². The van der Waals surface area contributed by atoms with Crippen LogP contribution in [0.4, 0.5) is 0 Å². The highest BCUT2D eigenvalue weighted by molar-refractivity contribution is 9.09. The van der Waals surface area contributed by atoms with Crippen LogP contribution in [0.25, 0.3) is 0 Å². The first-order valence-electron chi connectivity index (χ1n) is 5.17. The summed E-state index contributed by atoms with van der Waals surface area (Å²) in [4.78, 5) is 22.2. The lowest BCUT2D eigenvalue weighted by Crippen LogP contribution is -2.31. The second kappa shape index (κ2) is 6.60. The summed E-state index contributed by atoms with van der Waals surface area (Å²) in [6.07, 6.45) is -2.22. The predicted molar refractivity (Wildman–Crippen MR) is 61.9 cm³/mol. The zero-order valence-electron chi connectivity index (χ0n) is 9.59. The Kier molecular flexibility index (Phi) is 5.42. The Balaban J connectivity index is 2.69. The fraction of sp³-hybridized carbons (Fsp3) is 0.600. The van der Waals surface area contributed by atoms with E-state index in [2.05, 4.69) is 20.7 Å². The predicted octanol–water partition coefficient (Wildman–Crippen LogP) is 0.0169. The molecule has 0 unspecified atom stereocenters. The Morgan fingerprint density at radius 3 is 2.83 bits per heavy atom. The Labute approximate surface area is 111 Å². The summed E-state index contributed by atoms with van der Waals surface area (Å²) in [5, 5.41) is 19.1. The van der Waals surface area contributed by atoms with Gasteiger partial charge in [-0.05, 0) is 6.92 Å².